The fourth-order valence-electron chi connectivity index (χ4n) is 4.48. The van der Waals surface area contributed by atoms with Gasteiger partial charge < -0.3 is 20.4 Å². The predicted molar refractivity (Wildman–Crippen MR) is 126 cm³/mol. The zero-order valence-corrected chi connectivity index (χ0v) is 18.9. The third-order valence-electron chi connectivity index (χ3n) is 6.30. The standard InChI is InChI=1S/C25H24F3N5O2/c1-35-17-8-6-15(7-9-17)20-12-22(25(26,27)28)33-23(31-20)13-21(32-33)24(34)29-11-10-16-14-30-19-5-3-2-4-18(16)19/h2-9,13-14,20,22,30-31H,10-12H2,1H3,(H,29,34)/t20-,22-/m1/s1. The molecule has 1 aliphatic rings. The number of ether oxygens (including phenoxy) is 1. The van der Waals surface area contributed by atoms with E-state index >= 15 is 0 Å². The average Bonchev–Trinajstić information content (AvgIpc) is 3.47. The van der Waals surface area contributed by atoms with Crippen LogP contribution in [0.2, 0.25) is 0 Å². The minimum Gasteiger partial charge on any atom is -0.497 e. The van der Waals surface area contributed by atoms with E-state index in [0.717, 1.165) is 21.1 Å². The maximum atomic E-state index is 13.9. The number of amides is 1. The van der Waals surface area contributed by atoms with Gasteiger partial charge in [-0.3, -0.25) is 4.79 Å². The van der Waals surface area contributed by atoms with Crippen LogP contribution in [-0.4, -0.2) is 40.5 Å². The van der Waals surface area contributed by atoms with Crippen LogP contribution in [0.25, 0.3) is 10.9 Å². The molecule has 0 radical (unpaired) electrons. The van der Waals surface area contributed by atoms with E-state index in [-0.39, 0.29) is 17.9 Å². The van der Waals surface area contributed by atoms with E-state index in [1.165, 1.54) is 13.2 Å². The number of anilines is 1. The highest BCUT2D eigenvalue weighted by Gasteiger charge is 2.46. The number of methoxy groups -OCH3 is 1. The minimum atomic E-state index is -4.52. The van der Waals surface area contributed by atoms with Gasteiger partial charge in [0.15, 0.2) is 11.7 Å². The van der Waals surface area contributed by atoms with Crippen LogP contribution in [0.4, 0.5) is 19.0 Å². The molecule has 35 heavy (non-hydrogen) atoms. The van der Waals surface area contributed by atoms with E-state index in [0.29, 0.717) is 24.3 Å². The molecule has 1 aliphatic heterocycles. The summed E-state index contributed by atoms with van der Waals surface area (Å²) in [6, 6.07) is 13.6. The second kappa shape index (κ2) is 9.01. The molecule has 0 spiro atoms. The summed E-state index contributed by atoms with van der Waals surface area (Å²) in [6.07, 6.45) is -2.29. The van der Waals surface area contributed by atoms with Crippen molar-refractivity contribution in [2.45, 2.75) is 31.1 Å². The summed E-state index contributed by atoms with van der Waals surface area (Å²) < 4.78 is 47.7. The maximum Gasteiger partial charge on any atom is 0.410 e. The topological polar surface area (TPSA) is 84.0 Å². The van der Waals surface area contributed by atoms with E-state index < -0.39 is 24.2 Å². The summed E-state index contributed by atoms with van der Waals surface area (Å²) in [4.78, 5) is 15.9. The molecule has 3 heterocycles. The van der Waals surface area contributed by atoms with Crippen molar-refractivity contribution in [1.82, 2.24) is 20.1 Å². The fraction of sp³-hybridized carbons (Fsp3) is 0.280. The summed E-state index contributed by atoms with van der Waals surface area (Å²) in [7, 11) is 1.53. The number of nitrogens with one attached hydrogen (secondary N) is 3. The smallest absolute Gasteiger partial charge is 0.410 e. The van der Waals surface area contributed by atoms with Gasteiger partial charge in [-0.15, -0.1) is 0 Å². The second-order valence-electron chi connectivity index (χ2n) is 8.49. The van der Waals surface area contributed by atoms with Gasteiger partial charge in [-0.1, -0.05) is 30.3 Å². The largest absolute Gasteiger partial charge is 0.497 e. The van der Waals surface area contributed by atoms with Crippen molar-refractivity contribution in [2.24, 2.45) is 0 Å². The molecular formula is C25H24F3N5O2. The zero-order chi connectivity index (χ0) is 24.6. The predicted octanol–water partition coefficient (Wildman–Crippen LogP) is 5.01. The Morgan fingerprint density at radius 3 is 2.71 bits per heavy atom. The SMILES string of the molecule is COc1ccc([C@H]2C[C@H](C(F)(F)F)n3nc(C(=O)NCCc4c[nH]c5ccccc45)cc3N2)cc1. The van der Waals surface area contributed by atoms with Gasteiger partial charge in [-0.05, 0) is 35.7 Å². The van der Waals surface area contributed by atoms with Crippen molar-refractivity contribution in [3.63, 3.8) is 0 Å². The second-order valence-corrected chi connectivity index (χ2v) is 8.49. The molecule has 0 aliphatic carbocycles. The fourth-order valence-corrected chi connectivity index (χ4v) is 4.48. The monoisotopic (exact) mass is 483 g/mol. The Morgan fingerprint density at radius 1 is 1.20 bits per heavy atom. The number of para-hydroxylation sites is 1. The van der Waals surface area contributed by atoms with Crippen molar-refractivity contribution in [3.8, 4) is 5.75 Å². The number of fused-ring (bicyclic) bond motifs is 2. The van der Waals surface area contributed by atoms with E-state index in [1.54, 1.807) is 24.3 Å². The normalized spacial score (nSPS) is 17.6. The van der Waals surface area contributed by atoms with Crippen LogP contribution >= 0.6 is 0 Å². The molecule has 0 unspecified atom stereocenters. The van der Waals surface area contributed by atoms with Crippen molar-refractivity contribution in [3.05, 3.63) is 77.6 Å². The van der Waals surface area contributed by atoms with Gasteiger partial charge in [-0.2, -0.15) is 18.3 Å². The number of aromatic amines is 1. The number of aromatic nitrogens is 3. The van der Waals surface area contributed by atoms with Crippen molar-refractivity contribution < 1.29 is 22.7 Å². The number of benzene rings is 2. The number of alkyl halides is 3. The molecule has 1 amide bonds. The van der Waals surface area contributed by atoms with Crippen molar-refractivity contribution >= 4 is 22.6 Å². The van der Waals surface area contributed by atoms with Crippen LogP contribution in [0.15, 0.2) is 60.8 Å². The van der Waals surface area contributed by atoms with Crippen molar-refractivity contribution in [1.29, 1.82) is 0 Å². The molecular weight excluding hydrogens is 459 g/mol. The molecule has 2 aromatic heterocycles. The van der Waals surface area contributed by atoms with Gasteiger partial charge in [0.05, 0.1) is 13.2 Å². The summed E-state index contributed by atoms with van der Waals surface area (Å²) in [5.74, 6) is 0.255. The van der Waals surface area contributed by atoms with Gasteiger partial charge in [0.1, 0.15) is 11.6 Å². The number of hydrogen-bond acceptors (Lipinski definition) is 4. The lowest BCUT2D eigenvalue weighted by Crippen LogP contribution is -2.35. The Hall–Kier alpha value is -3.95. The summed E-state index contributed by atoms with van der Waals surface area (Å²) >= 11 is 0. The number of H-pyrrole nitrogens is 1. The molecule has 5 rings (SSSR count). The average molecular weight is 483 g/mol. The molecule has 0 bridgehead atoms. The molecule has 182 valence electrons. The molecule has 2 atom stereocenters. The molecule has 7 nitrogen and oxygen atoms in total. The van der Waals surface area contributed by atoms with E-state index in [4.69, 9.17) is 4.74 Å². The zero-order valence-electron chi connectivity index (χ0n) is 18.9. The molecule has 2 aromatic carbocycles. The molecule has 0 fully saturated rings. The first-order chi connectivity index (χ1) is 16.8. The van der Waals surface area contributed by atoms with Crippen LogP contribution in [0.5, 0.6) is 5.75 Å². The molecule has 0 saturated carbocycles. The van der Waals surface area contributed by atoms with Crippen LogP contribution in [0.3, 0.4) is 0 Å². The maximum absolute atomic E-state index is 13.9. The van der Waals surface area contributed by atoms with Gasteiger partial charge in [0.2, 0.25) is 0 Å². The van der Waals surface area contributed by atoms with Gasteiger partial charge in [0.25, 0.3) is 5.91 Å². The van der Waals surface area contributed by atoms with Crippen LogP contribution in [0, 0.1) is 0 Å². The minimum absolute atomic E-state index is 0.0592. The lowest BCUT2D eigenvalue weighted by Gasteiger charge is -2.33. The third-order valence-corrected chi connectivity index (χ3v) is 6.30. The Morgan fingerprint density at radius 2 is 1.97 bits per heavy atom. The van der Waals surface area contributed by atoms with Gasteiger partial charge in [0, 0.05) is 36.1 Å². The molecule has 0 saturated heterocycles. The Labute approximate surface area is 199 Å². The number of carbonyl (C=O) groups excluding carboxylic acids is 1. The Balaban J connectivity index is 1.31. The van der Waals surface area contributed by atoms with Crippen molar-refractivity contribution in [2.75, 3.05) is 19.0 Å². The van der Waals surface area contributed by atoms with E-state index in [9.17, 15) is 18.0 Å². The number of nitrogens with zero attached hydrogens (tertiary/aromatic N) is 2. The quantitative estimate of drug-likeness (QED) is 0.360. The molecule has 10 heteroatoms. The van der Waals surface area contributed by atoms with Gasteiger partial charge >= 0.3 is 6.18 Å². The first-order valence-corrected chi connectivity index (χ1v) is 11.2. The first-order valence-electron chi connectivity index (χ1n) is 11.2. The molecule has 3 N–H and O–H groups in total. The molecule has 4 aromatic rings. The van der Waals surface area contributed by atoms with E-state index in [1.807, 2.05) is 30.5 Å². The summed E-state index contributed by atoms with van der Waals surface area (Å²) in [5.41, 5.74) is 2.69. The Bertz CT molecular complexity index is 1340. The highest BCUT2D eigenvalue weighted by molar-refractivity contribution is 5.93. The van der Waals surface area contributed by atoms with Crippen LogP contribution < -0.4 is 15.4 Å². The number of hydrogen-bond donors (Lipinski definition) is 3. The van der Waals surface area contributed by atoms with Crippen LogP contribution in [0.1, 0.15) is 40.1 Å². The number of halogens is 3. The third kappa shape index (κ3) is 4.55. The van der Waals surface area contributed by atoms with E-state index in [2.05, 4.69) is 20.7 Å². The summed E-state index contributed by atoms with van der Waals surface area (Å²) in [6.45, 7) is 0.327. The highest BCUT2D eigenvalue weighted by Crippen LogP contribution is 2.43. The van der Waals surface area contributed by atoms with Gasteiger partial charge in [-0.25, -0.2) is 4.68 Å². The summed E-state index contributed by atoms with van der Waals surface area (Å²) in [5, 5.41) is 11.0. The van der Waals surface area contributed by atoms with Crippen LogP contribution in [-0.2, 0) is 6.42 Å². The lowest BCUT2D eigenvalue weighted by molar-refractivity contribution is -0.173. The Kier molecular flexibility index (Phi) is 5.88. The number of carbonyl (C=O) groups is 1. The number of rotatable bonds is 6. The highest BCUT2D eigenvalue weighted by atomic mass is 19.4. The lowest BCUT2D eigenvalue weighted by atomic mass is 9.97. The first kappa shape index (κ1) is 22.8.